The van der Waals surface area contributed by atoms with Crippen molar-refractivity contribution in [1.29, 1.82) is 0 Å². The van der Waals surface area contributed by atoms with Crippen LogP contribution in [0.2, 0.25) is 0 Å². The lowest BCUT2D eigenvalue weighted by molar-refractivity contribution is 0.320. The van der Waals surface area contributed by atoms with Crippen LogP contribution in [0.15, 0.2) is 0 Å². The van der Waals surface area contributed by atoms with E-state index in [0.717, 1.165) is 0 Å². The summed E-state index contributed by atoms with van der Waals surface area (Å²) < 4.78 is 10.4. The summed E-state index contributed by atoms with van der Waals surface area (Å²) in [5, 5.41) is -1.60. The maximum absolute atomic E-state index is 10.4. The summed E-state index contributed by atoms with van der Waals surface area (Å²) in [6, 6.07) is 0. The second kappa shape index (κ2) is 3.51. The Hall–Kier alpha value is 0.550. The number of hydrogen-bond donors (Lipinski definition) is 5. The number of hydrogen-bond acceptors (Lipinski definition) is 5. The Bertz CT molecular complexity index is 191. The zero-order valence-electron chi connectivity index (χ0n) is 5.10. The molecule has 0 radical (unpaired) electrons. The Morgan fingerprint density at radius 2 is 1.73 bits per heavy atom. The molecule has 0 heterocycles. The first-order valence-electron chi connectivity index (χ1n) is 2.27. The van der Waals surface area contributed by atoms with Gasteiger partial charge in [0.25, 0.3) is 5.40 Å². The molecule has 9 heteroatoms. The lowest BCUT2D eigenvalue weighted by Gasteiger charge is -2.13. The summed E-state index contributed by atoms with van der Waals surface area (Å²) in [4.78, 5) is 42.1. The molecule has 6 nitrogen and oxygen atoms in total. The standard InChI is InChI=1S/C2H6O6P2S/c3-9(4,5)2(1-11)10(6,7)8/h1-5H,(H-,6,7,8)/p+1. The molecule has 0 aliphatic carbocycles. The molecular formula is C2H7O6P2S+. The van der Waals surface area contributed by atoms with Crippen molar-refractivity contribution >= 4 is 33.1 Å². The maximum Gasteiger partial charge on any atom is 0.424 e. The van der Waals surface area contributed by atoms with Gasteiger partial charge in [-0.1, -0.05) is 12.2 Å². The van der Waals surface area contributed by atoms with Crippen LogP contribution in [0.5, 0.6) is 0 Å². The first-order chi connectivity index (χ1) is 4.69. The van der Waals surface area contributed by atoms with Gasteiger partial charge in [-0.15, -0.1) is 0 Å². The Morgan fingerprint density at radius 3 is 1.73 bits per heavy atom. The largest absolute Gasteiger partial charge is 0.424 e. The van der Waals surface area contributed by atoms with Crippen LogP contribution >= 0.6 is 27.8 Å². The Labute approximate surface area is 68.2 Å². The van der Waals surface area contributed by atoms with Gasteiger partial charge in [-0.25, -0.2) is 0 Å². The van der Waals surface area contributed by atoms with Crippen LogP contribution in [-0.4, -0.2) is 35.2 Å². The minimum absolute atomic E-state index is 0.453. The summed E-state index contributed by atoms with van der Waals surface area (Å²) in [6.45, 7) is 0. The normalized spacial score (nSPS) is 16.1. The topological polar surface area (TPSA) is 118 Å². The van der Waals surface area contributed by atoms with Crippen molar-refractivity contribution in [2.45, 2.75) is 5.40 Å². The van der Waals surface area contributed by atoms with Crippen molar-refractivity contribution in [1.82, 2.24) is 0 Å². The van der Waals surface area contributed by atoms with Gasteiger partial charge in [0.1, 0.15) is 0 Å². The van der Waals surface area contributed by atoms with Gasteiger partial charge in [0.15, 0.2) is 0 Å². The van der Waals surface area contributed by atoms with Gasteiger partial charge in [0, 0.05) is 5.37 Å². The van der Waals surface area contributed by atoms with Gasteiger partial charge in [-0.05, 0) is 0 Å². The quantitative estimate of drug-likeness (QED) is 0.313. The Balaban J connectivity index is 4.71. The van der Waals surface area contributed by atoms with Crippen molar-refractivity contribution in [3.05, 3.63) is 0 Å². The second-order valence-corrected chi connectivity index (χ2v) is 5.95. The molecule has 0 fully saturated rings. The summed E-state index contributed by atoms with van der Waals surface area (Å²) in [5.74, 6) is 0. The smallest absolute Gasteiger partial charge is 0.321 e. The molecule has 0 aromatic heterocycles. The first-order valence-corrected chi connectivity index (χ1v) is 6.14. The van der Waals surface area contributed by atoms with E-state index in [9.17, 15) is 4.57 Å². The maximum atomic E-state index is 10.4. The van der Waals surface area contributed by atoms with E-state index in [1.54, 1.807) is 0 Å². The molecule has 1 unspecified atom stereocenters. The molecule has 11 heavy (non-hydrogen) atoms. The molecular weight excluding hydrogens is 214 g/mol. The van der Waals surface area contributed by atoms with Gasteiger partial charge >= 0.3 is 15.5 Å². The minimum atomic E-state index is -4.76. The van der Waals surface area contributed by atoms with E-state index in [4.69, 9.17) is 24.5 Å². The monoisotopic (exact) mass is 221 g/mol. The average Bonchev–Trinajstić information content (AvgIpc) is 1.56. The van der Waals surface area contributed by atoms with E-state index >= 15 is 0 Å². The van der Waals surface area contributed by atoms with Crippen LogP contribution in [-0.2, 0) is 4.57 Å². The fourth-order valence-electron chi connectivity index (χ4n) is 0.363. The van der Waals surface area contributed by atoms with Crippen LogP contribution in [0.3, 0.4) is 0 Å². The van der Waals surface area contributed by atoms with Gasteiger partial charge in [0.05, 0.1) is 0 Å². The predicted octanol–water partition coefficient (Wildman–Crippen LogP) is -0.771. The van der Waals surface area contributed by atoms with Crippen molar-refractivity contribution in [3.8, 4) is 0 Å². The zero-order chi connectivity index (χ0) is 9.28. The van der Waals surface area contributed by atoms with E-state index in [1.807, 2.05) is 0 Å². The minimum Gasteiger partial charge on any atom is -0.321 e. The third kappa shape index (κ3) is 3.64. The molecule has 1 atom stereocenters. The molecule has 0 spiro atoms. The highest BCUT2D eigenvalue weighted by Gasteiger charge is 2.52. The highest BCUT2D eigenvalue weighted by Crippen LogP contribution is 2.63. The zero-order valence-corrected chi connectivity index (χ0v) is 7.71. The molecule has 0 saturated carbocycles. The molecule has 0 bridgehead atoms. The van der Waals surface area contributed by atoms with Gasteiger partial charge in [-0.2, -0.15) is 14.7 Å². The third-order valence-corrected chi connectivity index (χ3v) is 5.03. The Morgan fingerprint density at radius 1 is 1.36 bits per heavy atom. The molecule has 0 aliphatic heterocycles. The second-order valence-electron chi connectivity index (χ2n) is 1.75. The number of thiocarbonyl (C=S) groups is 1. The lowest BCUT2D eigenvalue weighted by atomic mass is 10.9. The Kier molecular flexibility index (Phi) is 3.69. The summed E-state index contributed by atoms with van der Waals surface area (Å²) >= 11 is 4.10. The van der Waals surface area contributed by atoms with E-state index in [-0.39, 0.29) is 0 Å². The molecule has 0 saturated heterocycles. The van der Waals surface area contributed by atoms with Gasteiger partial charge in [-0.3, -0.25) is 4.57 Å². The average molecular weight is 221 g/mol. The highest BCUT2D eigenvalue weighted by molar-refractivity contribution is 7.84. The molecule has 0 aliphatic rings. The molecule has 66 valence electrons. The van der Waals surface area contributed by atoms with Crippen molar-refractivity contribution in [3.63, 3.8) is 0 Å². The van der Waals surface area contributed by atoms with E-state index in [0.29, 0.717) is 5.37 Å². The van der Waals surface area contributed by atoms with Gasteiger partial charge in [0.2, 0.25) is 0 Å². The lowest BCUT2D eigenvalue weighted by Crippen LogP contribution is -2.13. The van der Waals surface area contributed by atoms with Crippen LogP contribution in [0.1, 0.15) is 0 Å². The molecule has 0 amide bonds. The molecule has 5 N–H and O–H groups in total. The van der Waals surface area contributed by atoms with Crippen molar-refractivity contribution in [2.24, 2.45) is 0 Å². The SMILES string of the molecule is O=P(O)(O)C(C=S)[P+](O)(O)O. The van der Waals surface area contributed by atoms with E-state index in [1.165, 1.54) is 0 Å². The van der Waals surface area contributed by atoms with Crippen molar-refractivity contribution < 1.29 is 29.0 Å². The summed E-state index contributed by atoms with van der Waals surface area (Å²) in [7, 11) is -9.33. The molecule has 0 aromatic carbocycles. The third-order valence-electron chi connectivity index (χ3n) is 0.821. The van der Waals surface area contributed by atoms with Crippen LogP contribution in [0.4, 0.5) is 0 Å². The summed E-state index contributed by atoms with van der Waals surface area (Å²) in [5.41, 5.74) is 0. The highest BCUT2D eigenvalue weighted by atomic mass is 32.1. The van der Waals surface area contributed by atoms with Gasteiger partial charge < -0.3 is 9.79 Å². The fourth-order valence-corrected chi connectivity index (χ4v) is 3.26. The first kappa shape index (κ1) is 11.6. The van der Waals surface area contributed by atoms with Crippen LogP contribution in [0, 0.1) is 0 Å². The number of rotatable bonds is 3. The fraction of sp³-hybridized carbons (Fsp3) is 0.500. The molecule has 0 rings (SSSR count). The van der Waals surface area contributed by atoms with E-state index < -0.39 is 20.9 Å². The van der Waals surface area contributed by atoms with E-state index in [2.05, 4.69) is 12.2 Å². The molecule has 0 aromatic rings. The van der Waals surface area contributed by atoms with Crippen LogP contribution in [0.25, 0.3) is 0 Å². The summed E-state index contributed by atoms with van der Waals surface area (Å²) in [6.07, 6.45) is 0. The predicted molar refractivity (Wildman–Crippen MR) is 43.1 cm³/mol. The van der Waals surface area contributed by atoms with Crippen molar-refractivity contribution in [2.75, 3.05) is 0 Å². The van der Waals surface area contributed by atoms with Crippen LogP contribution < -0.4 is 0 Å².